The molecule has 0 aliphatic carbocycles. The van der Waals surface area contributed by atoms with Crippen LogP contribution in [0.1, 0.15) is 13.8 Å². The van der Waals surface area contributed by atoms with Crippen LogP contribution in [0.25, 0.3) is 0 Å². The number of sulfonamides is 1. The first-order valence-electron chi connectivity index (χ1n) is 5.64. The average molecular weight is 275 g/mol. The van der Waals surface area contributed by atoms with E-state index in [1.807, 2.05) is 13.8 Å². The van der Waals surface area contributed by atoms with Crippen molar-refractivity contribution in [3.05, 3.63) is 30.1 Å². The van der Waals surface area contributed by atoms with E-state index in [4.69, 9.17) is 4.74 Å². The molecule has 1 unspecified atom stereocenters. The number of hydrogen-bond acceptors (Lipinski definition) is 3. The molecule has 0 saturated heterocycles. The van der Waals surface area contributed by atoms with E-state index in [0.29, 0.717) is 0 Å². The minimum atomic E-state index is -3.86. The molecule has 4 nitrogen and oxygen atoms in total. The van der Waals surface area contributed by atoms with Crippen LogP contribution in [0.2, 0.25) is 0 Å². The highest BCUT2D eigenvalue weighted by Crippen LogP contribution is 2.15. The van der Waals surface area contributed by atoms with Crippen LogP contribution >= 0.6 is 0 Å². The second-order valence-electron chi connectivity index (χ2n) is 4.36. The van der Waals surface area contributed by atoms with Crippen LogP contribution in [0.5, 0.6) is 0 Å². The summed E-state index contributed by atoms with van der Waals surface area (Å²) in [5, 5.41) is 0. The van der Waals surface area contributed by atoms with Gasteiger partial charge >= 0.3 is 0 Å². The second-order valence-corrected chi connectivity index (χ2v) is 6.04. The van der Waals surface area contributed by atoms with Crippen molar-refractivity contribution in [2.45, 2.75) is 24.8 Å². The lowest BCUT2D eigenvalue weighted by Gasteiger charge is -2.21. The fourth-order valence-corrected chi connectivity index (χ4v) is 2.92. The molecular formula is C12H18FNO3S. The molecule has 1 rings (SSSR count). The molecule has 0 aliphatic rings. The number of benzene rings is 1. The van der Waals surface area contributed by atoms with Gasteiger partial charge in [0.05, 0.1) is 6.61 Å². The Labute approximate surface area is 107 Å². The zero-order valence-electron chi connectivity index (χ0n) is 10.7. The molecule has 6 heteroatoms. The molecule has 1 aromatic carbocycles. The number of ether oxygens (including phenoxy) is 1. The second kappa shape index (κ2) is 6.26. The molecule has 1 atom stereocenters. The summed E-state index contributed by atoms with van der Waals surface area (Å²) < 4.78 is 45.0. The average Bonchev–Trinajstić information content (AvgIpc) is 2.28. The quantitative estimate of drug-likeness (QED) is 0.861. The highest BCUT2D eigenvalue weighted by molar-refractivity contribution is 7.89. The third kappa shape index (κ3) is 3.76. The molecule has 0 saturated carbocycles. The largest absolute Gasteiger partial charge is 0.383 e. The Kier molecular flexibility index (Phi) is 5.25. The molecule has 0 heterocycles. The van der Waals surface area contributed by atoms with E-state index >= 15 is 0 Å². The van der Waals surface area contributed by atoms with Gasteiger partial charge in [0, 0.05) is 13.2 Å². The maximum absolute atomic E-state index is 13.5. The van der Waals surface area contributed by atoms with E-state index < -0.39 is 15.8 Å². The first kappa shape index (κ1) is 15.1. The zero-order valence-corrected chi connectivity index (χ0v) is 11.5. The van der Waals surface area contributed by atoms with Crippen LogP contribution in [-0.4, -0.2) is 28.2 Å². The maximum atomic E-state index is 13.5. The third-order valence-electron chi connectivity index (χ3n) is 2.58. The van der Waals surface area contributed by atoms with Crippen LogP contribution in [0, 0.1) is 11.7 Å². The summed E-state index contributed by atoms with van der Waals surface area (Å²) in [5.41, 5.74) is 0. The van der Waals surface area contributed by atoms with Crippen molar-refractivity contribution in [2.24, 2.45) is 5.92 Å². The molecule has 1 N–H and O–H groups in total. The van der Waals surface area contributed by atoms with Gasteiger partial charge in [-0.1, -0.05) is 26.0 Å². The fourth-order valence-electron chi connectivity index (χ4n) is 1.47. The number of hydrogen-bond donors (Lipinski definition) is 1. The van der Waals surface area contributed by atoms with E-state index in [1.165, 1.54) is 25.3 Å². The predicted octanol–water partition coefficient (Wildman–Crippen LogP) is 1.77. The lowest BCUT2D eigenvalue weighted by molar-refractivity contribution is 0.157. The van der Waals surface area contributed by atoms with E-state index in [1.54, 1.807) is 0 Å². The first-order valence-corrected chi connectivity index (χ1v) is 7.12. The third-order valence-corrected chi connectivity index (χ3v) is 4.11. The number of halogens is 1. The molecule has 0 aromatic heterocycles. The fraction of sp³-hybridized carbons (Fsp3) is 0.500. The summed E-state index contributed by atoms with van der Waals surface area (Å²) >= 11 is 0. The monoisotopic (exact) mass is 275 g/mol. The summed E-state index contributed by atoms with van der Waals surface area (Å²) in [5.74, 6) is -0.712. The Bertz CT molecular complexity index is 488. The van der Waals surface area contributed by atoms with Crippen molar-refractivity contribution in [2.75, 3.05) is 13.7 Å². The van der Waals surface area contributed by atoms with Gasteiger partial charge in [0.2, 0.25) is 10.0 Å². The lowest BCUT2D eigenvalue weighted by Crippen LogP contribution is -2.41. The van der Waals surface area contributed by atoms with Crippen LogP contribution in [-0.2, 0) is 14.8 Å². The van der Waals surface area contributed by atoms with Crippen molar-refractivity contribution in [1.29, 1.82) is 0 Å². The highest BCUT2D eigenvalue weighted by Gasteiger charge is 2.24. The molecule has 0 bridgehead atoms. The van der Waals surface area contributed by atoms with Crippen molar-refractivity contribution < 1.29 is 17.5 Å². The van der Waals surface area contributed by atoms with E-state index in [2.05, 4.69) is 4.72 Å². The van der Waals surface area contributed by atoms with Gasteiger partial charge in [0.25, 0.3) is 0 Å². The minimum absolute atomic E-state index is 0.0477. The Hall–Kier alpha value is -0.980. The van der Waals surface area contributed by atoms with Gasteiger partial charge in [-0.15, -0.1) is 0 Å². The standard InChI is InChI=1S/C12H18FNO3S/c1-9(2)11(8-17-3)14-18(15,16)12-7-5-4-6-10(12)13/h4-7,9,11,14H,8H2,1-3H3. The number of rotatable bonds is 6. The summed E-state index contributed by atoms with van der Waals surface area (Å²) in [6.45, 7) is 3.98. The van der Waals surface area contributed by atoms with Gasteiger partial charge in [-0.05, 0) is 18.1 Å². The lowest BCUT2D eigenvalue weighted by atomic mass is 10.1. The molecular weight excluding hydrogens is 257 g/mol. The van der Waals surface area contributed by atoms with Crippen LogP contribution in [0.3, 0.4) is 0 Å². The topological polar surface area (TPSA) is 55.4 Å². The Morgan fingerprint density at radius 3 is 2.44 bits per heavy atom. The molecule has 0 amide bonds. The molecule has 0 aliphatic heterocycles. The smallest absolute Gasteiger partial charge is 0.243 e. The highest BCUT2D eigenvalue weighted by atomic mass is 32.2. The minimum Gasteiger partial charge on any atom is -0.383 e. The Morgan fingerprint density at radius 1 is 1.33 bits per heavy atom. The molecule has 18 heavy (non-hydrogen) atoms. The molecule has 0 radical (unpaired) electrons. The summed E-state index contributed by atoms with van der Waals surface area (Å²) in [6.07, 6.45) is 0. The van der Waals surface area contributed by atoms with Crippen molar-refractivity contribution in [3.8, 4) is 0 Å². The SMILES string of the molecule is COCC(NS(=O)(=O)c1ccccc1F)C(C)C. The van der Waals surface area contributed by atoms with Crippen LogP contribution < -0.4 is 4.72 Å². The molecule has 0 fully saturated rings. The Morgan fingerprint density at radius 2 is 1.94 bits per heavy atom. The van der Waals surface area contributed by atoms with E-state index in [0.717, 1.165) is 6.07 Å². The van der Waals surface area contributed by atoms with Gasteiger partial charge in [-0.25, -0.2) is 17.5 Å². The van der Waals surface area contributed by atoms with Crippen molar-refractivity contribution in [3.63, 3.8) is 0 Å². The van der Waals surface area contributed by atoms with Crippen molar-refractivity contribution >= 4 is 10.0 Å². The first-order chi connectivity index (χ1) is 8.38. The van der Waals surface area contributed by atoms with Gasteiger partial charge in [-0.2, -0.15) is 0 Å². The van der Waals surface area contributed by atoms with E-state index in [-0.39, 0.29) is 23.5 Å². The summed E-state index contributed by atoms with van der Waals surface area (Å²) in [7, 11) is -2.37. The molecule has 1 aromatic rings. The molecule has 102 valence electrons. The predicted molar refractivity (Wildman–Crippen MR) is 67.2 cm³/mol. The number of methoxy groups -OCH3 is 1. The molecule has 0 spiro atoms. The van der Waals surface area contributed by atoms with Crippen LogP contribution in [0.4, 0.5) is 4.39 Å². The van der Waals surface area contributed by atoms with Gasteiger partial charge < -0.3 is 4.74 Å². The summed E-state index contributed by atoms with van der Waals surface area (Å²) in [4.78, 5) is -0.341. The van der Waals surface area contributed by atoms with Crippen molar-refractivity contribution in [1.82, 2.24) is 4.72 Å². The summed E-state index contributed by atoms with van der Waals surface area (Å²) in [6, 6.07) is 4.90. The van der Waals surface area contributed by atoms with Gasteiger partial charge in [0.1, 0.15) is 10.7 Å². The van der Waals surface area contributed by atoms with Gasteiger partial charge in [0.15, 0.2) is 0 Å². The van der Waals surface area contributed by atoms with E-state index in [9.17, 15) is 12.8 Å². The number of nitrogens with one attached hydrogen (secondary N) is 1. The Balaban J connectivity index is 2.97. The van der Waals surface area contributed by atoms with Crippen LogP contribution in [0.15, 0.2) is 29.2 Å². The van der Waals surface area contributed by atoms with Gasteiger partial charge in [-0.3, -0.25) is 0 Å². The zero-order chi connectivity index (χ0) is 13.8. The normalized spacial score (nSPS) is 13.8. The maximum Gasteiger partial charge on any atom is 0.243 e.